The molecule has 0 aliphatic carbocycles. The number of tetrazole rings is 1. The van der Waals surface area contributed by atoms with Crippen molar-refractivity contribution in [2.75, 3.05) is 25.4 Å². The van der Waals surface area contributed by atoms with Gasteiger partial charge in [-0.15, -0.1) is 0 Å². The molecule has 0 saturated heterocycles. The average molecular weight is 325 g/mol. The molecule has 2 aromatic rings. The summed E-state index contributed by atoms with van der Waals surface area (Å²) in [7, 11) is 0. The highest BCUT2D eigenvalue weighted by molar-refractivity contribution is 6.30. The number of likely N-dealkylation sites (N-methyl/N-ethyl adjacent to an activating group) is 1. The molecule has 2 N–H and O–H groups in total. The first-order valence-corrected chi connectivity index (χ1v) is 7.15. The predicted octanol–water partition coefficient (Wildman–Crippen LogP) is 0.836. The van der Waals surface area contributed by atoms with Crippen LogP contribution in [0.5, 0.6) is 5.75 Å². The Morgan fingerprint density at radius 1 is 1.50 bits per heavy atom. The van der Waals surface area contributed by atoms with Gasteiger partial charge >= 0.3 is 0 Å². The number of nitrogens with zero attached hydrogens (tertiary/aromatic N) is 5. The highest BCUT2D eigenvalue weighted by Crippen LogP contribution is 2.16. The molecule has 0 aliphatic rings. The normalized spacial score (nSPS) is 10.5. The van der Waals surface area contributed by atoms with Gasteiger partial charge in [0, 0.05) is 11.6 Å². The zero-order valence-electron chi connectivity index (χ0n) is 12.1. The van der Waals surface area contributed by atoms with Gasteiger partial charge < -0.3 is 15.4 Å². The summed E-state index contributed by atoms with van der Waals surface area (Å²) in [6.45, 7) is 3.26. The van der Waals surface area contributed by atoms with E-state index in [-0.39, 0.29) is 18.4 Å². The van der Waals surface area contributed by atoms with E-state index in [0.717, 1.165) is 0 Å². The summed E-state index contributed by atoms with van der Waals surface area (Å²) >= 11 is 5.88. The Bertz CT molecular complexity index is 632. The molecule has 2 rings (SSSR count). The van der Waals surface area contributed by atoms with Gasteiger partial charge in [0.2, 0.25) is 11.9 Å². The van der Waals surface area contributed by atoms with E-state index >= 15 is 0 Å². The van der Waals surface area contributed by atoms with Crippen LogP contribution in [0.3, 0.4) is 0 Å². The van der Waals surface area contributed by atoms with E-state index in [4.69, 9.17) is 22.1 Å². The summed E-state index contributed by atoms with van der Waals surface area (Å²) < 4.78 is 6.83. The highest BCUT2D eigenvalue weighted by Gasteiger charge is 2.14. The number of ether oxygens (including phenoxy) is 1. The van der Waals surface area contributed by atoms with Gasteiger partial charge in [0.25, 0.3) is 0 Å². The van der Waals surface area contributed by atoms with Gasteiger partial charge in [-0.05, 0) is 35.5 Å². The lowest BCUT2D eigenvalue weighted by molar-refractivity contribution is -0.132. The molecular weight excluding hydrogens is 308 g/mol. The van der Waals surface area contributed by atoms with Crippen molar-refractivity contribution in [3.05, 3.63) is 29.3 Å². The summed E-state index contributed by atoms with van der Waals surface area (Å²) in [6, 6.07) is 7.11. The first-order chi connectivity index (χ1) is 10.6. The molecule has 1 heterocycles. The third-order valence-electron chi connectivity index (χ3n) is 3.01. The maximum atomic E-state index is 12.2. The molecule has 1 aromatic heterocycles. The second-order valence-corrected chi connectivity index (χ2v) is 4.91. The lowest BCUT2D eigenvalue weighted by Crippen LogP contribution is -2.37. The van der Waals surface area contributed by atoms with Crippen molar-refractivity contribution in [3.63, 3.8) is 0 Å². The van der Waals surface area contributed by atoms with Crippen molar-refractivity contribution in [2.45, 2.75) is 13.5 Å². The van der Waals surface area contributed by atoms with E-state index in [2.05, 4.69) is 15.5 Å². The maximum absolute atomic E-state index is 12.2. The smallest absolute Gasteiger partial charge is 0.244 e. The topological polar surface area (TPSA) is 99.2 Å². The number of nitrogens with two attached hydrogens (primary N) is 1. The first kappa shape index (κ1) is 16.0. The second kappa shape index (κ2) is 7.60. The molecule has 8 nitrogen and oxygen atoms in total. The van der Waals surface area contributed by atoms with Crippen LogP contribution in [0.4, 0.5) is 5.95 Å². The summed E-state index contributed by atoms with van der Waals surface area (Å²) in [5, 5.41) is 11.2. The molecule has 0 unspecified atom stereocenters. The number of hydrogen-bond acceptors (Lipinski definition) is 6. The van der Waals surface area contributed by atoms with E-state index in [0.29, 0.717) is 30.5 Å². The standard InChI is InChI=1S/C13H17ClN6O2/c1-2-19(12(21)9-20-13(15)16-17-18-20)6-7-22-11-5-3-4-10(14)8-11/h3-5,8H,2,6-7,9H2,1H3,(H2,15,16,18). The molecule has 9 heteroatoms. The number of carbonyl (C=O) groups is 1. The van der Waals surface area contributed by atoms with Crippen LogP contribution in [-0.4, -0.2) is 50.7 Å². The van der Waals surface area contributed by atoms with E-state index < -0.39 is 0 Å². The van der Waals surface area contributed by atoms with Gasteiger partial charge in [-0.25, -0.2) is 4.68 Å². The average Bonchev–Trinajstić information content (AvgIpc) is 2.89. The van der Waals surface area contributed by atoms with Crippen molar-refractivity contribution in [1.82, 2.24) is 25.1 Å². The Morgan fingerprint density at radius 3 is 2.95 bits per heavy atom. The minimum Gasteiger partial charge on any atom is -0.492 e. The van der Waals surface area contributed by atoms with E-state index in [9.17, 15) is 4.79 Å². The molecule has 0 aliphatic heterocycles. The van der Waals surface area contributed by atoms with Crippen LogP contribution in [0.2, 0.25) is 5.02 Å². The third-order valence-corrected chi connectivity index (χ3v) is 3.24. The Balaban J connectivity index is 1.84. The minimum atomic E-state index is -0.129. The predicted molar refractivity (Wildman–Crippen MR) is 81.4 cm³/mol. The number of hydrogen-bond donors (Lipinski definition) is 1. The number of rotatable bonds is 7. The van der Waals surface area contributed by atoms with Crippen LogP contribution in [-0.2, 0) is 11.3 Å². The molecule has 22 heavy (non-hydrogen) atoms. The Kier molecular flexibility index (Phi) is 5.54. The van der Waals surface area contributed by atoms with Crippen LogP contribution in [0.15, 0.2) is 24.3 Å². The summed E-state index contributed by atoms with van der Waals surface area (Å²) in [6.07, 6.45) is 0. The van der Waals surface area contributed by atoms with Crippen molar-refractivity contribution < 1.29 is 9.53 Å². The lowest BCUT2D eigenvalue weighted by Gasteiger charge is -2.21. The molecule has 1 aromatic carbocycles. The lowest BCUT2D eigenvalue weighted by atomic mass is 10.3. The monoisotopic (exact) mass is 324 g/mol. The molecule has 0 spiro atoms. The van der Waals surface area contributed by atoms with Gasteiger partial charge in [0.15, 0.2) is 0 Å². The fraction of sp³-hybridized carbons (Fsp3) is 0.385. The molecule has 0 saturated carbocycles. The minimum absolute atomic E-state index is 0.00381. The molecule has 0 radical (unpaired) electrons. The number of anilines is 1. The van der Waals surface area contributed by atoms with E-state index in [1.165, 1.54) is 4.68 Å². The zero-order valence-corrected chi connectivity index (χ0v) is 12.9. The fourth-order valence-electron chi connectivity index (χ4n) is 1.84. The molecule has 0 fully saturated rings. The van der Waals surface area contributed by atoms with E-state index in [1.54, 1.807) is 23.1 Å². The number of amides is 1. The quantitative estimate of drug-likeness (QED) is 0.810. The molecular formula is C13H17ClN6O2. The number of aromatic nitrogens is 4. The van der Waals surface area contributed by atoms with Gasteiger partial charge in [-0.3, -0.25) is 4.79 Å². The Labute approximate surface area is 132 Å². The molecule has 118 valence electrons. The second-order valence-electron chi connectivity index (χ2n) is 4.47. The van der Waals surface area contributed by atoms with Crippen LogP contribution < -0.4 is 10.5 Å². The molecule has 0 atom stereocenters. The van der Waals surface area contributed by atoms with Crippen molar-refractivity contribution >= 4 is 23.5 Å². The number of benzene rings is 1. The number of nitrogen functional groups attached to an aromatic ring is 1. The SMILES string of the molecule is CCN(CCOc1cccc(Cl)c1)C(=O)Cn1nnnc1N. The van der Waals surface area contributed by atoms with Gasteiger partial charge in [-0.1, -0.05) is 22.8 Å². The Hall–Kier alpha value is -2.35. The van der Waals surface area contributed by atoms with Crippen LogP contribution >= 0.6 is 11.6 Å². The van der Waals surface area contributed by atoms with Crippen molar-refractivity contribution in [2.24, 2.45) is 0 Å². The van der Waals surface area contributed by atoms with Crippen molar-refractivity contribution in [3.8, 4) is 5.75 Å². The third kappa shape index (κ3) is 4.32. The van der Waals surface area contributed by atoms with Gasteiger partial charge in [0.05, 0.1) is 6.54 Å². The Morgan fingerprint density at radius 2 is 2.32 bits per heavy atom. The highest BCUT2D eigenvalue weighted by atomic mass is 35.5. The molecule has 0 bridgehead atoms. The summed E-state index contributed by atoms with van der Waals surface area (Å²) in [5.74, 6) is 0.650. The number of carbonyl (C=O) groups excluding carboxylic acids is 1. The number of halogens is 1. The zero-order chi connectivity index (χ0) is 15.9. The van der Waals surface area contributed by atoms with E-state index in [1.807, 2.05) is 13.0 Å². The summed E-state index contributed by atoms with van der Waals surface area (Å²) in [5.41, 5.74) is 5.54. The van der Waals surface area contributed by atoms with Crippen molar-refractivity contribution in [1.29, 1.82) is 0 Å². The van der Waals surface area contributed by atoms with Crippen LogP contribution in [0.25, 0.3) is 0 Å². The first-order valence-electron chi connectivity index (χ1n) is 6.78. The maximum Gasteiger partial charge on any atom is 0.244 e. The van der Waals surface area contributed by atoms with Gasteiger partial charge in [-0.2, -0.15) is 0 Å². The molecule has 1 amide bonds. The van der Waals surface area contributed by atoms with Crippen LogP contribution in [0.1, 0.15) is 6.92 Å². The largest absolute Gasteiger partial charge is 0.492 e. The summed E-state index contributed by atoms with van der Waals surface area (Å²) in [4.78, 5) is 13.8. The van der Waals surface area contributed by atoms with Crippen LogP contribution in [0, 0.1) is 0 Å². The fourth-order valence-corrected chi connectivity index (χ4v) is 2.02. The van der Waals surface area contributed by atoms with Gasteiger partial charge in [0.1, 0.15) is 18.9 Å².